The summed E-state index contributed by atoms with van der Waals surface area (Å²) in [6.07, 6.45) is 4.74. The Labute approximate surface area is 133 Å². The van der Waals surface area contributed by atoms with Crippen LogP contribution in [0.3, 0.4) is 0 Å². The maximum atomic E-state index is 11.4. The van der Waals surface area contributed by atoms with E-state index in [9.17, 15) is 4.79 Å². The molecule has 1 atom stereocenters. The van der Waals surface area contributed by atoms with Crippen LogP contribution < -0.4 is 4.74 Å². The first-order valence-electron chi connectivity index (χ1n) is 7.81. The monoisotopic (exact) mass is 302 g/mol. The highest BCUT2D eigenvalue weighted by atomic mass is 16.5. The molecule has 0 aliphatic heterocycles. The quantitative estimate of drug-likeness (QED) is 0.475. The Morgan fingerprint density at radius 3 is 2.55 bits per heavy atom. The number of unbranched alkanes of at least 4 members (excludes halogenated alkanes) is 3. The summed E-state index contributed by atoms with van der Waals surface area (Å²) in [7, 11) is 0. The predicted octanol–water partition coefficient (Wildman–Crippen LogP) is 4.41. The second-order valence-corrected chi connectivity index (χ2v) is 5.20. The Kier molecular flexibility index (Phi) is 8.53. The van der Waals surface area contributed by atoms with E-state index in [1.54, 1.807) is 12.1 Å². The summed E-state index contributed by atoms with van der Waals surface area (Å²) in [5.74, 6) is 0.556. The van der Waals surface area contributed by atoms with Crippen molar-refractivity contribution in [1.29, 1.82) is 0 Å². The lowest BCUT2D eigenvalue weighted by atomic mass is 10.1. The largest absolute Gasteiger partial charge is 0.485 e. The van der Waals surface area contributed by atoms with E-state index in [1.807, 2.05) is 13.8 Å². The van der Waals surface area contributed by atoms with Crippen molar-refractivity contribution < 1.29 is 14.3 Å². The summed E-state index contributed by atoms with van der Waals surface area (Å²) >= 11 is 0. The molecule has 0 aromatic heterocycles. The van der Waals surface area contributed by atoms with Gasteiger partial charge in [0, 0.05) is 12.1 Å². The Balaban J connectivity index is 1.99. The molecule has 0 radical (unpaired) electrons. The SMILES string of the molecule is C#[N+]c1c#cc(OCCCCCCOC(=O)C(C)CC)cc1. The van der Waals surface area contributed by atoms with Crippen molar-refractivity contribution >= 4 is 11.7 Å². The smallest absolute Gasteiger partial charge is 0.390 e. The lowest BCUT2D eigenvalue weighted by molar-refractivity contribution is -0.148. The van der Waals surface area contributed by atoms with Crippen molar-refractivity contribution in [3.05, 3.63) is 29.1 Å². The van der Waals surface area contributed by atoms with Crippen LogP contribution in [0.25, 0.3) is 4.85 Å². The molecule has 4 heteroatoms. The van der Waals surface area contributed by atoms with E-state index < -0.39 is 0 Å². The van der Waals surface area contributed by atoms with Crippen molar-refractivity contribution in [2.45, 2.75) is 46.0 Å². The van der Waals surface area contributed by atoms with Crippen LogP contribution in [-0.2, 0) is 9.53 Å². The lowest BCUT2D eigenvalue weighted by Crippen LogP contribution is -2.14. The molecule has 1 rings (SSSR count). The summed E-state index contributed by atoms with van der Waals surface area (Å²) in [5.41, 5.74) is 0.555. The number of carbonyl (C=O) groups is 1. The Hall–Kier alpha value is -2.20. The number of hydrogen-bond acceptors (Lipinski definition) is 3. The first-order chi connectivity index (χ1) is 10.7. The van der Waals surface area contributed by atoms with Gasteiger partial charge in [-0.2, -0.15) is 0 Å². The number of hydrogen-bond donors (Lipinski definition) is 0. The fraction of sp³-hybridized carbons (Fsp3) is 0.556. The molecule has 0 aliphatic carbocycles. The lowest BCUT2D eigenvalue weighted by Gasteiger charge is -2.09. The Morgan fingerprint density at radius 2 is 1.95 bits per heavy atom. The summed E-state index contributed by atoms with van der Waals surface area (Å²) < 4.78 is 10.7. The zero-order valence-electron chi connectivity index (χ0n) is 13.4. The van der Waals surface area contributed by atoms with Crippen LogP contribution in [0.5, 0.6) is 5.75 Å². The first-order valence-corrected chi connectivity index (χ1v) is 7.81. The number of carbonyl (C=O) groups excluding carboxylic acids is 1. The Bertz CT molecular complexity index is 476. The van der Waals surface area contributed by atoms with Gasteiger partial charge in [0.2, 0.25) is 0 Å². The van der Waals surface area contributed by atoms with Gasteiger partial charge in [0.25, 0.3) is 6.57 Å². The third-order valence-corrected chi connectivity index (χ3v) is 3.40. The molecule has 0 saturated heterocycles. The molecular weight excluding hydrogens is 278 g/mol. The van der Waals surface area contributed by atoms with Gasteiger partial charge in [0.05, 0.1) is 19.1 Å². The standard InChI is InChI=1S/C18H24NO3/c1-4-15(2)18(20)22-14-8-6-5-7-13-21-17-11-9-16(19-3)10-12-17/h3,9,11,15H,4-8,13-14H2,1-2H3/q+1. The third kappa shape index (κ3) is 6.99. The van der Waals surface area contributed by atoms with Gasteiger partial charge in [-0.05, 0) is 49.1 Å². The molecular formula is C18H24NO3+. The molecule has 22 heavy (non-hydrogen) atoms. The minimum Gasteiger partial charge on any atom is -0.485 e. The molecule has 4 nitrogen and oxygen atoms in total. The van der Waals surface area contributed by atoms with Crippen molar-refractivity contribution in [3.8, 4) is 12.3 Å². The van der Waals surface area contributed by atoms with Gasteiger partial charge >= 0.3 is 11.7 Å². The van der Waals surface area contributed by atoms with Gasteiger partial charge in [-0.1, -0.05) is 13.8 Å². The van der Waals surface area contributed by atoms with Crippen molar-refractivity contribution in [3.63, 3.8) is 0 Å². The maximum Gasteiger partial charge on any atom is 0.390 e. The molecule has 0 amide bonds. The number of nitrogens with zero attached hydrogens (tertiary/aromatic N) is 1. The van der Waals surface area contributed by atoms with Crippen molar-refractivity contribution in [2.75, 3.05) is 13.2 Å². The van der Waals surface area contributed by atoms with E-state index in [-0.39, 0.29) is 11.9 Å². The second-order valence-electron chi connectivity index (χ2n) is 5.20. The van der Waals surface area contributed by atoms with E-state index in [0.29, 0.717) is 24.7 Å². The molecule has 0 bridgehead atoms. The zero-order chi connectivity index (χ0) is 16.2. The van der Waals surface area contributed by atoms with Crippen LogP contribution in [0.1, 0.15) is 46.0 Å². The van der Waals surface area contributed by atoms with E-state index in [0.717, 1.165) is 32.1 Å². The summed E-state index contributed by atoms with van der Waals surface area (Å²) in [6.45, 7) is 10.1. The molecule has 0 aliphatic rings. The second kappa shape index (κ2) is 10.5. The van der Waals surface area contributed by atoms with Crippen molar-refractivity contribution in [2.24, 2.45) is 5.92 Å². The van der Waals surface area contributed by atoms with E-state index >= 15 is 0 Å². The average molecular weight is 302 g/mol. The molecule has 0 fully saturated rings. The van der Waals surface area contributed by atoms with Crippen LogP contribution in [0.2, 0.25) is 0 Å². The predicted molar refractivity (Wildman–Crippen MR) is 86.5 cm³/mol. The molecule has 118 valence electrons. The van der Waals surface area contributed by atoms with Gasteiger partial charge in [-0.3, -0.25) is 4.79 Å². The third-order valence-electron chi connectivity index (χ3n) is 3.40. The fourth-order valence-electron chi connectivity index (χ4n) is 1.74. The maximum absolute atomic E-state index is 11.4. The van der Waals surface area contributed by atoms with Crippen molar-refractivity contribution in [1.82, 2.24) is 0 Å². The molecule has 0 N–H and O–H groups in total. The topological polar surface area (TPSA) is 39.9 Å². The molecule has 1 unspecified atom stereocenters. The summed E-state index contributed by atoms with van der Waals surface area (Å²) in [5, 5.41) is 0. The average Bonchev–Trinajstić information content (AvgIpc) is 2.56. The van der Waals surface area contributed by atoms with Gasteiger partial charge in [-0.25, -0.2) is 0 Å². The van der Waals surface area contributed by atoms with Crippen LogP contribution >= 0.6 is 0 Å². The van der Waals surface area contributed by atoms with E-state index in [1.165, 1.54) is 0 Å². The van der Waals surface area contributed by atoms with Gasteiger partial charge < -0.3 is 9.47 Å². The normalized spacial score (nSPS) is 11.1. The number of rotatable bonds is 10. The minimum atomic E-state index is -0.0923. The van der Waals surface area contributed by atoms with Crippen LogP contribution in [-0.4, -0.2) is 19.2 Å². The molecule has 1 aromatic rings. The zero-order valence-corrected chi connectivity index (χ0v) is 13.4. The van der Waals surface area contributed by atoms with Gasteiger partial charge in [0.1, 0.15) is 0 Å². The first kappa shape index (κ1) is 17.9. The summed E-state index contributed by atoms with van der Waals surface area (Å²) in [6, 6.07) is 9.15. The number of esters is 1. The Morgan fingerprint density at radius 1 is 1.23 bits per heavy atom. The van der Waals surface area contributed by atoms with Crippen LogP contribution in [0.15, 0.2) is 12.1 Å². The highest BCUT2D eigenvalue weighted by Gasteiger charge is 2.10. The fourth-order valence-corrected chi connectivity index (χ4v) is 1.74. The van der Waals surface area contributed by atoms with E-state index in [4.69, 9.17) is 16.0 Å². The molecule has 0 saturated carbocycles. The highest BCUT2D eigenvalue weighted by molar-refractivity contribution is 5.71. The molecule has 1 aromatic carbocycles. The summed E-state index contributed by atoms with van der Waals surface area (Å²) in [4.78, 5) is 14.9. The minimum absolute atomic E-state index is 0.0000797. The number of ether oxygens (including phenoxy) is 2. The molecule has 0 heterocycles. The van der Waals surface area contributed by atoms with Gasteiger partial charge in [-0.15, -0.1) is 0 Å². The van der Waals surface area contributed by atoms with Crippen LogP contribution in [0, 0.1) is 24.6 Å². The highest BCUT2D eigenvalue weighted by Crippen LogP contribution is 2.13. The van der Waals surface area contributed by atoms with Gasteiger partial charge in [0.15, 0.2) is 5.75 Å². The van der Waals surface area contributed by atoms with E-state index in [2.05, 4.69) is 17.0 Å². The molecule has 0 spiro atoms. The van der Waals surface area contributed by atoms with Crippen LogP contribution in [0.4, 0.5) is 5.69 Å².